The molecule has 1 aliphatic heterocycles. The van der Waals surface area contributed by atoms with E-state index in [1.807, 2.05) is 24.3 Å². The molecule has 0 spiro atoms. The maximum Gasteiger partial charge on any atom is 0.135 e. The Balaban J connectivity index is 2.34. The van der Waals surface area contributed by atoms with Crippen molar-refractivity contribution >= 4 is 28.9 Å². The number of nitrogens with one attached hydrogen (secondary N) is 2. The average Bonchev–Trinajstić information content (AvgIpc) is 2.80. The lowest BCUT2D eigenvalue weighted by Crippen LogP contribution is -2.49. The minimum Gasteiger partial charge on any atom is -0.337 e. The molecular weight excluding hydrogens is 257 g/mol. The molecule has 92 valence electrons. The van der Waals surface area contributed by atoms with Crippen LogP contribution in [0.15, 0.2) is 30.9 Å². The molecule has 1 aromatic rings. The van der Waals surface area contributed by atoms with Crippen molar-refractivity contribution < 1.29 is 0 Å². The van der Waals surface area contributed by atoms with Gasteiger partial charge in [-0.05, 0) is 12.1 Å². The molecule has 1 fully saturated rings. The number of nitrogens with zero attached hydrogens (tertiary/aromatic N) is 1. The molecule has 0 unspecified atom stereocenters. The van der Waals surface area contributed by atoms with Crippen molar-refractivity contribution in [2.24, 2.45) is 0 Å². The molecule has 17 heavy (non-hydrogen) atoms. The molecule has 1 aromatic carbocycles. The first-order valence-electron chi connectivity index (χ1n) is 5.52. The largest absolute Gasteiger partial charge is 0.337 e. The summed E-state index contributed by atoms with van der Waals surface area (Å²) in [4.78, 5) is 2.07. The lowest BCUT2D eigenvalue weighted by molar-refractivity contribution is 0.530. The molecule has 1 saturated heterocycles. The van der Waals surface area contributed by atoms with E-state index in [4.69, 9.17) is 23.2 Å². The van der Waals surface area contributed by atoms with E-state index in [-0.39, 0.29) is 6.29 Å². The van der Waals surface area contributed by atoms with Crippen molar-refractivity contribution in [2.45, 2.75) is 6.29 Å². The molecule has 1 aliphatic rings. The molecule has 0 bridgehead atoms. The minimum atomic E-state index is 0.0467. The number of halogens is 2. The summed E-state index contributed by atoms with van der Waals surface area (Å²) in [5, 5.41) is 7.98. The highest BCUT2D eigenvalue weighted by atomic mass is 35.5. The van der Waals surface area contributed by atoms with Gasteiger partial charge in [-0.3, -0.25) is 10.6 Å². The number of hydrogen-bond donors (Lipinski definition) is 2. The Morgan fingerprint density at radius 2 is 1.88 bits per heavy atom. The Hall–Kier alpha value is -0.740. The Labute approximate surface area is 111 Å². The van der Waals surface area contributed by atoms with Crippen LogP contribution >= 0.6 is 23.2 Å². The van der Waals surface area contributed by atoms with E-state index in [9.17, 15) is 0 Å². The van der Waals surface area contributed by atoms with E-state index in [1.54, 1.807) is 0 Å². The summed E-state index contributed by atoms with van der Waals surface area (Å²) in [6.07, 6.45) is 1.88. The summed E-state index contributed by atoms with van der Waals surface area (Å²) in [5.74, 6) is 0. The summed E-state index contributed by atoms with van der Waals surface area (Å²) in [6.45, 7) is 6.31. The van der Waals surface area contributed by atoms with Crippen molar-refractivity contribution in [2.75, 3.05) is 24.5 Å². The van der Waals surface area contributed by atoms with E-state index in [2.05, 4.69) is 22.1 Å². The first kappa shape index (κ1) is 12.7. The number of anilines is 1. The molecule has 0 atom stereocenters. The predicted molar refractivity (Wildman–Crippen MR) is 73.8 cm³/mol. The van der Waals surface area contributed by atoms with Crippen LogP contribution in [0.4, 0.5) is 5.69 Å². The fraction of sp³-hybridized carbons (Fsp3) is 0.333. The first-order chi connectivity index (χ1) is 8.24. The van der Waals surface area contributed by atoms with Gasteiger partial charge < -0.3 is 4.90 Å². The molecule has 2 N–H and O–H groups in total. The maximum atomic E-state index is 6.22. The third-order valence-corrected chi connectivity index (χ3v) is 3.27. The van der Waals surface area contributed by atoms with Crippen LogP contribution in [-0.2, 0) is 0 Å². The highest BCUT2D eigenvalue weighted by Crippen LogP contribution is 2.34. The smallest absolute Gasteiger partial charge is 0.135 e. The zero-order valence-corrected chi connectivity index (χ0v) is 10.9. The molecule has 3 nitrogen and oxygen atoms in total. The van der Waals surface area contributed by atoms with Gasteiger partial charge >= 0.3 is 0 Å². The highest BCUT2D eigenvalue weighted by molar-refractivity contribution is 6.39. The van der Waals surface area contributed by atoms with Gasteiger partial charge in [-0.25, -0.2) is 0 Å². The van der Waals surface area contributed by atoms with Crippen molar-refractivity contribution in [3.8, 4) is 0 Å². The number of para-hydroxylation sites is 1. The van der Waals surface area contributed by atoms with E-state index < -0.39 is 0 Å². The summed E-state index contributed by atoms with van der Waals surface area (Å²) in [7, 11) is 0. The van der Waals surface area contributed by atoms with E-state index >= 15 is 0 Å². The van der Waals surface area contributed by atoms with Crippen LogP contribution in [-0.4, -0.2) is 25.9 Å². The molecule has 2 rings (SSSR count). The zero-order chi connectivity index (χ0) is 12.3. The van der Waals surface area contributed by atoms with E-state index in [0.29, 0.717) is 16.6 Å². The maximum absolute atomic E-state index is 6.22. The van der Waals surface area contributed by atoms with Gasteiger partial charge in [-0.1, -0.05) is 35.3 Å². The molecule has 1 heterocycles. The summed E-state index contributed by atoms with van der Waals surface area (Å²) < 4.78 is 0. The monoisotopic (exact) mass is 271 g/mol. The quantitative estimate of drug-likeness (QED) is 0.824. The summed E-state index contributed by atoms with van der Waals surface area (Å²) >= 11 is 12.4. The molecule has 5 heteroatoms. The van der Waals surface area contributed by atoms with Gasteiger partial charge in [0.1, 0.15) is 6.29 Å². The number of rotatable bonds is 4. The fourth-order valence-electron chi connectivity index (χ4n) is 1.94. The second-order valence-corrected chi connectivity index (χ2v) is 4.64. The van der Waals surface area contributed by atoms with Crippen LogP contribution in [0.2, 0.25) is 10.0 Å². The lowest BCUT2D eigenvalue weighted by atomic mass is 10.3. The Bertz CT molecular complexity index is 382. The highest BCUT2D eigenvalue weighted by Gasteiger charge is 2.24. The van der Waals surface area contributed by atoms with Gasteiger partial charge in [0.2, 0.25) is 0 Å². The third-order valence-electron chi connectivity index (χ3n) is 2.66. The zero-order valence-electron chi connectivity index (χ0n) is 9.42. The minimum absolute atomic E-state index is 0.0467. The van der Waals surface area contributed by atoms with Crippen molar-refractivity contribution in [1.29, 1.82) is 0 Å². The Morgan fingerprint density at radius 1 is 1.29 bits per heavy atom. The Kier molecular flexibility index (Phi) is 4.29. The van der Waals surface area contributed by atoms with Crippen molar-refractivity contribution in [1.82, 2.24) is 10.6 Å². The standard InChI is InChI=1S/C12H15Cl2N3/c1-2-8-17(12-15-6-7-16-12)11-9(13)4-3-5-10(11)14/h2-5,12,15-16H,1,6-8H2. The third kappa shape index (κ3) is 2.75. The normalized spacial score (nSPS) is 16.1. The number of benzene rings is 1. The van der Waals surface area contributed by atoms with E-state index in [1.165, 1.54) is 0 Å². The second kappa shape index (κ2) is 5.74. The molecule has 0 amide bonds. The van der Waals surface area contributed by atoms with Crippen LogP contribution in [0.5, 0.6) is 0 Å². The SMILES string of the molecule is C=CCN(c1c(Cl)cccc1Cl)C1NCCN1. The summed E-state index contributed by atoms with van der Waals surface area (Å²) in [6, 6.07) is 5.53. The Morgan fingerprint density at radius 3 is 2.41 bits per heavy atom. The first-order valence-corrected chi connectivity index (χ1v) is 6.28. The molecule has 0 aliphatic carbocycles. The van der Waals surface area contributed by atoms with Gasteiger partial charge in [0.05, 0.1) is 15.7 Å². The number of hydrogen-bond acceptors (Lipinski definition) is 3. The lowest BCUT2D eigenvalue weighted by Gasteiger charge is -2.31. The van der Waals surface area contributed by atoms with Gasteiger partial charge in [-0.15, -0.1) is 6.58 Å². The topological polar surface area (TPSA) is 27.3 Å². The predicted octanol–water partition coefficient (Wildman–Crippen LogP) is 2.46. The molecule has 0 radical (unpaired) electrons. The van der Waals surface area contributed by atoms with E-state index in [0.717, 1.165) is 18.8 Å². The van der Waals surface area contributed by atoms with Gasteiger partial charge in [-0.2, -0.15) is 0 Å². The molecule has 0 aromatic heterocycles. The van der Waals surface area contributed by atoms with Crippen LogP contribution in [0, 0.1) is 0 Å². The second-order valence-electron chi connectivity index (χ2n) is 3.82. The fourth-order valence-corrected chi connectivity index (χ4v) is 2.55. The molecule has 0 saturated carbocycles. The van der Waals surface area contributed by atoms with Crippen LogP contribution in [0.3, 0.4) is 0 Å². The van der Waals surface area contributed by atoms with Gasteiger partial charge in [0.25, 0.3) is 0 Å². The van der Waals surface area contributed by atoms with Gasteiger partial charge in [0, 0.05) is 19.6 Å². The van der Waals surface area contributed by atoms with Crippen LogP contribution < -0.4 is 15.5 Å². The van der Waals surface area contributed by atoms with Crippen LogP contribution in [0.25, 0.3) is 0 Å². The average molecular weight is 272 g/mol. The van der Waals surface area contributed by atoms with Crippen LogP contribution in [0.1, 0.15) is 0 Å². The van der Waals surface area contributed by atoms with Crippen molar-refractivity contribution in [3.05, 3.63) is 40.9 Å². The van der Waals surface area contributed by atoms with Crippen molar-refractivity contribution in [3.63, 3.8) is 0 Å². The summed E-state index contributed by atoms with van der Waals surface area (Å²) in [5.41, 5.74) is 0.836. The van der Waals surface area contributed by atoms with Gasteiger partial charge in [0.15, 0.2) is 0 Å². The molecular formula is C12H15Cl2N3.